The van der Waals surface area contributed by atoms with Gasteiger partial charge in [0.1, 0.15) is 49.7 Å². The molecule has 0 spiro atoms. The summed E-state index contributed by atoms with van der Waals surface area (Å²) in [6, 6.07) is 73.5. The molecule has 3 aliphatic rings. The summed E-state index contributed by atoms with van der Waals surface area (Å²) in [5.41, 5.74) is 25.2. The Kier molecular flexibility index (Phi) is 37.3. The number of likely N-dealkylation sites (tertiary alicyclic amines) is 3. The number of hydrogen-bond acceptors (Lipinski definition) is 13. The molecule has 0 bridgehead atoms. The fraction of sp³-hybridized carbons (Fsp3) is 0.318. The zero-order chi connectivity index (χ0) is 89.4. The fourth-order valence-corrected chi connectivity index (χ4v) is 17.8. The zero-order valence-electron chi connectivity index (χ0n) is 73.2. The van der Waals surface area contributed by atoms with Gasteiger partial charge in [0, 0.05) is 82.5 Å². The number of pyridine rings is 2. The second-order valence-electron chi connectivity index (χ2n) is 32.6. The molecule has 5 heterocycles. The highest BCUT2D eigenvalue weighted by molar-refractivity contribution is 9.10. The third kappa shape index (κ3) is 28.7. The maximum atomic E-state index is 11.0. The minimum Gasteiger partial charge on any atom is -0.493 e. The molecule has 0 aliphatic carbocycles. The minimum absolute atomic E-state index is 0.167. The third-order valence-electron chi connectivity index (χ3n) is 23.7. The molecule has 3 aliphatic heterocycles. The Morgan fingerprint density at radius 2 is 0.866 bits per heavy atom. The highest BCUT2D eigenvalue weighted by Crippen LogP contribution is 2.42. The van der Waals surface area contributed by atoms with Gasteiger partial charge < -0.3 is 48.6 Å². The van der Waals surface area contributed by atoms with Gasteiger partial charge in [-0.1, -0.05) is 217 Å². The first-order chi connectivity index (χ1) is 61.8. The van der Waals surface area contributed by atoms with Crippen LogP contribution < -0.4 is 23.7 Å². The van der Waals surface area contributed by atoms with Gasteiger partial charge in [-0.3, -0.25) is 14.8 Å². The second kappa shape index (κ2) is 49.4. The van der Waals surface area contributed by atoms with Crippen molar-refractivity contribution < 1.29 is 38.7 Å². The number of ether oxygens (including phenoxy) is 5. The van der Waals surface area contributed by atoms with E-state index in [0.29, 0.717) is 75.9 Å². The molecule has 10 aromatic carbocycles. The van der Waals surface area contributed by atoms with Crippen molar-refractivity contribution in [2.75, 3.05) is 71.3 Å². The van der Waals surface area contributed by atoms with Gasteiger partial charge in [-0.05, 0) is 304 Å². The number of halogens is 5. The number of rotatable bonds is 34. The van der Waals surface area contributed by atoms with Crippen molar-refractivity contribution in [3.05, 3.63) is 339 Å². The van der Waals surface area contributed by atoms with Gasteiger partial charge in [-0.25, -0.2) is 4.85 Å². The normalized spacial score (nSPS) is 13.4. The molecule has 127 heavy (non-hydrogen) atoms. The number of aryl methyl sites for hydroxylation is 2. The van der Waals surface area contributed by atoms with Crippen LogP contribution >= 0.6 is 71.0 Å². The molecule has 15 rings (SSSR count). The third-order valence-corrected chi connectivity index (χ3v) is 25.8. The quantitative estimate of drug-likeness (QED) is 0.0289. The second-order valence-corrected chi connectivity index (χ2v) is 36.0. The van der Waals surface area contributed by atoms with Crippen LogP contribution in [0.2, 0.25) is 10.0 Å². The summed E-state index contributed by atoms with van der Waals surface area (Å²) in [6.07, 6.45) is 19.0. The number of alkyl halides is 1. The smallest absolute Gasteiger partial charge is 0.305 e. The van der Waals surface area contributed by atoms with E-state index in [1.54, 1.807) is 55.9 Å². The summed E-state index contributed by atoms with van der Waals surface area (Å²) < 4.78 is 32.8. The number of aliphatic carboxylic acids is 1. The highest BCUT2D eigenvalue weighted by Gasteiger charge is 2.22. The van der Waals surface area contributed by atoms with E-state index in [9.17, 15) is 15.2 Å². The van der Waals surface area contributed by atoms with Crippen LogP contribution in [0, 0.1) is 45.6 Å². The molecule has 0 amide bonds. The predicted octanol–water partition coefficient (Wildman–Crippen LogP) is 26.0. The largest absolute Gasteiger partial charge is 0.493 e. The van der Waals surface area contributed by atoms with Gasteiger partial charge in [-0.15, -0.1) is 0 Å². The first-order valence-corrected chi connectivity index (χ1v) is 47.3. The summed E-state index contributed by atoms with van der Waals surface area (Å²) >= 11 is 23.6. The average molecular weight is 1930 g/mol. The number of carboxylic acids is 1. The Hall–Kier alpha value is -10.2. The predicted molar refractivity (Wildman–Crippen MR) is 525 cm³/mol. The summed E-state index contributed by atoms with van der Waals surface area (Å²) in [5, 5.41) is 30.3. The van der Waals surface area contributed by atoms with E-state index in [1.165, 1.54) is 180 Å². The number of hydrogen-bond donors (Lipinski definition) is 2. The lowest BCUT2D eigenvalue weighted by atomic mass is 9.89. The van der Waals surface area contributed by atoms with Gasteiger partial charge in [0.25, 0.3) is 0 Å². The lowest BCUT2D eigenvalue weighted by molar-refractivity contribution is -0.139. The van der Waals surface area contributed by atoms with Crippen LogP contribution in [0.25, 0.3) is 49.4 Å². The van der Waals surface area contributed by atoms with Crippen LogP contribution in [0.4, 0.5) is 5.69 Å². The zero-order valence-corrected chi connectivity index (χ0v) is 79.4. The first kappa shape index (κ1) is 95.9. The maximum absolute atomic E-state index is 11.0. The Morgan fingerprint density at radius 3 is 1.31 bits per heavy atom. The van der Waals surface area contributed by atoms with Crippen LogP contribution in [0.15, 0.2) is 240 Å². The van der Waals surface area contributed by atoms with E-state index >= 15 is 0 Å². The first-order valence-electron chi connectivity index (χ1n) is 43.8. The number of benzene rings is 10. The molecule has 0 saturated carbocycles. The molecule has 1 atom stereocenters. The van der Waals surface area contributed by atoms with Crippen LogP contribution in [-0.4, -0.2) is 118 Å². The molecule has 3 fully saturated rings. The Balaban J connectivity index is 0.000000183. The molecular weight excluding hydrogens is 1820 g/mol. The van der Waals surface area contributed by atoms with Gasteiger partial charge in [-0.2, -0.15) is 5.26 Å². The lowest BCUT2D eigenvalue weighted by Gasteiger charge is -2.18. The van der Waals surface area contributed by atoms with Crippen LogP contribution in [0.3, 0.4) is 0 Å². The Labute approximate surface area is 785 Å². The van der Waals surface area contributed by atoms with Crippen molar-refractivity contribution >= 4 is 82.6 Å². The van der Waals surface area contributed by atoms with Crippen molar-refractivity contribution in [1.82, 2.24) is 24.7 Å². The van der Waals surface area contributed by atoms with Crippen LogP contribution in [0.1, 0.15) is 136 Å². The summed E-state index contributed by atoms with van der Waals surface area (Å²) in [4.78, 5) is 30.4. The van der Waals surface area contributed by atoms with Crippen LogP contribution in [0.5, 0.6) is 28.7 Å². The average Bonchev–Trinajstić information content (AvgIpc) is 1.11. The van der Waals surface area contributed by atoms with Gasteiger partial charge >= 0.3 is 5.97 Å². The van der Waals surface area contributed by atoms with Gasteiger partial charge in [0.05, 0.1) is 41.8 Å². The summed E-state index contributed by atoms with van der Waals surface area (Å²) in [7, 11) is 1.57. The van der Waals surface area contributed by atoms with E-state index in [4.69, 9.17) is 58.6 Å². The molecular formula is C107H112Br3Cl2N7O8. The number of aliphatic hydroxyl groups excluding tert-OH is 1. The van der Waals surface area contributed by atoms with Crippen molar-refractivity contribution in [3.8, 4) is 79.3 Å². The molecule has 15 nitrogen and oxygen atoms in total. The molecule has 2 N–H and O–H groups in total. The Bertz CT molecular complexity index is 5670. The summed E-state index contributed by atoms with van der Waals surface area (Å²) in [6.45, 7) is 27.9. The molecule has 0 radical (unpaired) electrons. The molecule has 658 valence electrons. The van der Waals surface area contributed by atoms with Gasteiger partial charge in [0.15, 0.2) is 11.5 Å². The number of aliphatic hydroxyl groups is 1. The number of aromatic nitrogens is 2. The number of carboxylic acid groups (broad SMARTS) is 1. The summed E-state index contributed by atoms with van der Waals surface area (Å²) in [5.74, 6) is 1.44. The molecule has 0 unspecified atom stereocenters. The Morgan fingerprint density at radius 1 is 0.465 bits per heavy atom. The van der Waals surface area contributed by atoms with Crippen molar-refractivity contribution in [3.63, 3.8) is 0 Å². The van der Waals surface area contributed by atoms with Crippen LogP contribution in [-0.2, 0) is 63.3 Å². The molecule has 12 aromatic rings. The van der Waals surface area contributed by atoms with Crippen molar-refractivity contribution in [2.45, 2.75) is 150 Å². The van der Waals surface area contributed by atoms with Crippen molar-refractivity contribution in [2.24, 2.45) is 0 Å². The monoisotopic (exact) mass is 1930 g/mol. The molecule has 2 aromatic heterocycles. The number of carbonyl (C=O) groups is 1. The topological polar surface area (TPSA) is 167 Å². The lowest BCUT2D eigenvalue weighted by Crippen LogP contribution is -2.21. The SMILES string of the molecule is BrCCc1ccc(Br)cc1.Brc1ccc(CCN2CCCC2)cc1.Cc1c(COc2cc(OCc3cncc(C#N)c3)c(CCC[C@@H](O)CC(=O)O)cc2Cl)cccc1-c1cccc(-c2ccc(CCN3CCCC3)cc2)c1C.[C-]#[N+]c1cncc(COc2cc(OCc3cccc(-c4cccc(-c5ccc(CCN6CCCC6)cc5)c4C)c3C)c(Cl)cc2OC)c1. The highest BCUT2D eigenvalue weighted by atomic mass is 79.9. The number of nitriles is 1. The number of methoxy groups -OCH3 is 1. The number of nitrogens with zero attached hydrogens (tertiary/aromatic N) is 7. The maximum Gasteiger partial charge on any atom is 0.305 e. The van der Waals surface area contributed by atoms with E-state index in [1.807, 2.05) is 0 Å². The van der Waals surface area contributed by atoms with E-state index in [-0.39, 0.29) is 26.2 Å². The van der Waals surface area contributed by atoms with Gasteiger partial charge in [0.2, 0.25) is 5.69 Å². The minimum atomic E-state index is -1.04. The standard InChI is InChI=1S/C46H48ClN3O5.C41H40ClN3O3.C12H16BrN.C8H8Br2/c1-31-38(9-6-12-41(31)42-13-7-11-40(32(42)2)36-16-14-33(15-17-36)18-21-50-19-3-4-20-50)30-55-45-25-44(54-29-35-22-34(26-48)27-49-28-35)37(23-43(45)47)8-5-10-39(51)24-46(52)53;1-28-33(27-48-39-23-41(40(46-4)22-38(39)42)47-26-31-21-34(43-3)25-44-24-31)9-7-11-36(28)37-12-8-10-35(29(37)2)32-15-13-30(14-16-32)17-20-45-18-5-6-19-45;13-12-5-3-11(4-6-12)7-10-14-8-1-2-9-14;9-6-5-7-1-3-8(10)4-2-7/h6-7,9,11-17,22-23,25,27-28,39,51H,3-5,8,10,18-21,24,29-30H2,1-2H3,(H,52,53);7-16,21-25H,5-6,17-20,26-27H2,1-2,4H3;3-6H,1-2,7-10H2;1-4H,5-6H2/t39-;;;/m1.../s1. The van der Waals surface area contributed by atoms with E-state index < -0.39 is 12.1 Å². The fourth-order valence-electron chi connectivity index (χ4n) is 16.4. The van der Waals surface area contributed by atoms with Crippen molar-refractivity contribution in [1.29, 1.82) is 5.26 Å². The van der Waals surface area contributed by atoms with E-state index in [0.717, 1.165) is 86.7 Å². The molecule has 3 saturated heterocycles. The van der Waals surface area contributed by atoms with E-state index in [2.05, 4.69) is 281 Å². The molecule has 20 heteroatoms.